The Morgan fingerprint density at radius 2 is 1.94 bits per heavy atom. The van der Waals surface area contributed by atoms with Gasteiger partial charge >= 0.3 is 6.36 Å². The summed E-state index contributed by atoms with van der Waals surface area (Å²) in [5.74, 6) is -0.214. The van der Waals surface area contributed by atoms with Crippen LogP contribution >= 0.6 is 15.9 Å². The van der Waals surface area contributed by atoms with E-state index in [1.54, 1.807) is 6.07 Å². The summed E-state index contributed by atoms with van der Waals surface area (Å²) < 4.78 is 40.4. The Kier molecular flexibility index (Phi) is 4.61. The minimum Gasteiger partial charge on any atom is -0.406 e. The van der Waals surface area contributed by atoms with E-state index in [1.807, 2.05) is 0 Å². The zero-order valence-corrected chi connectivity index (χ0v) is 9.94. The van der Waals surface area contributed by atoms with E-state index in [-0.39, 0.29) is 5.75 Å². The number of aryl methyl sites for hydroxylation is 1. The Bertz CT molecular complexity index is 354. The van der Waals surface area contributed by atoms with Crippen molar-refractivity contribution in [3.05, 3.63) is 28.2 Å². The first-order valence-electron chi connectivity index (χ1n) is 4.66. The smallest absolute Gasteiger partial charge is 0.406 e. The minimum atomic E-state index is -4.66. The number of nitrogens with two attached hydrogens (primary N) is 1. The van der Waals surface area contributed by atoms with Crippen LogP contribution in [0.1, 0.15) is 12.0 Å². The van der Waals surface area contributed by atoms with Crippen LogP contribution in [0.25, 0.3) is 0 Å². The van der Waals surface area contributed by atoms with E-state index in [0.29, 0.717) is 17.4 Å². The lowest BCUT2D eigenvalue weighted by molar-refractivity contribution is -0.274. The van der Waals surface area contributed by atoms with E-state index in [9.17, 15) is 13.2 Å². The highest BCUT2D eigenvalue weighted by Crippen LogP contribution is 2.27. The maximum atomic E-state index is 12.0. The number of halogens is 4. The van der Waals surface area contributed by atoms with Crippen LogP contribution in [-0.4, -0.2) is 12.9 Å². The lowest BCUT2D eigenvalue weighted by Gasteiger charge is -2.10. The second kappa shape index (κ2) is 5.54. The first kappa shape index (κ1) is 13.3. The normalized spacial score (nSPS) is 11.6. The maximum Gasteiger partial charge on any atom is 0.573 e. The molecule has 2 nitrogen and oxygen atoms in total. The van der Waals surface area contributed by atoms with Gasteiger partial charge in [0.05, 0.1) is 0 Å². The molecule has 0 unspecified atom stereocenters. The molecule has 0 aliphatic rings. The molecule has 0 heterocycles. The second-order valence-corrected chi connectivity index (χ2v) is 4.15. The summed E-state index contributed by atoms with van der Waals surface area (Å²) in [4.78, 5) is 0. The third-order valence-corrected chi connectivity index (χ3v) is 2.29. The monoisotopic (exact) mass is 297 g/mol. The summed E-state index contributed by atoms with van der Waals surface area (Å²) in [6.07, 6.45) is -3.31. The largest absolute Gasteiger partial charge is 0.573 e. The molecule has 2 N–H and O–H groups in total. The average Bonchev–Trinajstić information content (AvgIpc) is 2.10. The molecule has 0 atom stereocenters. The van der Waals surface area contributed by atoms with E-state index in [1.165, 1.54) is 12.1 Å². The molecule has 0 bridgehead atoms. The Balaban J connectivity index is 2.81. The summed E-state index contributed by atoms with van der Waals surface area (Å²) in [5, 5.41) is 0. The van der Waals surface area contributed by atoms with Crippen molar-refractivity contribution >= 4 is 15.9 Å². The van der Waals surface area contributed by atoms with Gasteiger partial charge in [-0.25, -0.2) is 0 Å². The number of rotatable bonds is 4. The van der Waals surface area contributed by atoms with Gasteiger partial charge in [-0.15, -0.1) is 13.2 Å². The Labute approximate surface area is 99.7 Å². The van der Waals surface area contributed by atoms with Crippen LogP contribution < -0.4 is 10.5 Å². The third kappa shape index (κ3) is 4.85. The molecule has 0 radical (unpaired) electrons. The van der Waals surface area contributed by atoms with Crippen molar-refractivity contribution in [1.29, 1.82) is 0 Å². The highest BCUT2D eigenvalue weighted by molar-refractivity contribution is 9.10. The van der Waals surface area contributed by atoms with Gasteiger partial charge in [0.2, 0.25) is 0 Å². The van der Waals surface area contributed by atoms with Crippen molar-refractivity contribution < 1.29 is 17.9 Å². The predicted molar refractivity (Wildman–Crippen MR) is 58.2 cm³/mol. The molecule has 0 fully saturated rings. The number of hydrogen-bond acceptors (Lipinski definition) is 2. The summed E-state index contributed by atoms with van der Waals surface area (Å²) in [6.45, 7) is 0.502. The van der Waals surface area contributed by atoms with Crippen LogP contribution in [0, 0.1) is 0 Å². The average molecular weight is 298 g/mol. The number of benzene rings is 1. The van der Waals surface area contributed by atoms with Crippen LogP contribution in [0.4, 0.5) is 13.2 Å². The molecular formula is C10H11BrF3NO. The van der Waals surface area contributed by atoms with E-state index >= 15 is 0 Å². The van der Waals surface area contributed by atoms with Crippen LogP contribution in [0.3, 0.4) is 0 Å². The highest BCUT2D eigenvalue weighted by atomic mass is 79.9. The summed E-state index contributed by atoms with van der Waals surface area (Å²) in [6, 6.07) is 4.40. The van der Waals surface area contributed by atoms with Crippen molar-refractivity contribution in [2.45, 2.75) is 19.2 Å². The van der Waals surface area contributed by atoms with Gasteiger partial charge in [-0.2, -0.15) is 0 Å². The van der Waals surface area contributed by atoms with Crippen LogP contribution in [0.15, 0.2) is 22.7 Å². The van der Waals surface area contributed by atoms with E-state index in [4.69, 9.17) is 5.73 Å². The standard InChI is InChI=1S/C10H11BrF3NO/c11-8-4-7(2-1-3-15)5-9(6-8)16-10(12,13)14/h4-6H,1-3,15H2. The molecule has 1 aromatic carbocycles. The molecule has 1 aromatic rings. The number of ether oxygens (including phenoxy) is 1. The predicted octanol–water partition coefficient (Wildman–Crippen LogP) is 3.24. The molecule has 90 valence electrons. The SMILES string of the molecule is NCCCc1cc(Br)cc(OC(F)(F)F)c1. The third-order valence-electron chi connectivity index (χ3n) is 1.83. The van der Waals surface area contributed by atoms with Gasteiger partial charge < -0.3 is 10.5 Å². The molecule has 16 heavy (non-hydrogen) atoms. The van der Waals surface area contributed by atoms with Crippen molar-refractivity contribution in [2.75, 3.05) is 6.54 Å². The molecule has 6 heteroatoms. The van der Waals surface area contributed by atoms with Crippen LogP contribution in [0.2, 0.25) is 0 Å². The first-order chi connectivity index (χ1) is 7.40. The van der Waals surface area contributed by atoms with Crippen molar-refractivity contribution in [3.63, 3.8) is 0 Å². The molecule has 0 spiro atoms. The van der Waals surface area contributed by atoms with Gasteiger partial charge in [0.15, 0.2) is 0 Å². The number of alkyl halides is 3. The second-order valence-electron chi connectivity index (χ2n) is 3.24. The molecule has 0 aliphatic carbocycles. The van der Waals surface area contributed by atoms with Gasteiger partial charge in [-0.3, -0.25) is 0 Å². The van der Waals surface area contributed by atoms with Crippen LogP contribution in [0.5, 0.6) is 5.75 Å². The summed E-state index contributed by atoms with van der Waals surface area (Å²) in [7, 11) is 0. The molecule has 0 aliphatic heterocycles. The van der Waals surface area contributed by atoms with Gasteiger partial charge in [0.25, 0.3) is 0 Å². The fourth-order valence-electron chi connectivity index (χ4n) is 1.26. The Morgan fingerprint density at radius 1 is 1.25 bits per heavy atom. The van der Waals surface area contributed by atoms with Crippen molar-refractivity contribution in [2.24, 2.45) is 5.73 Å². The molecule has 0 amide bonds. The van der Waals surface area contributed by atoms with Gasteiger partial charge in [-0.05, 0) is 43.1 Å². The molecule has 0 aromatic heterocycles. The maximum absolute atomic E-state index is 12.0. The zero-order valence-electron chi connectivity index (χ0n) is 8.35. The molecule has 0 saturated heterocycles. The zero-order chi connectivity index (χ0) is 12.2. The fourth-order valence-corrected chi connectivity index (χ4v) is 1.78. The first-order valence-corrected chi connectivity index (χ1v) is 5.45. The molecule has 0 saturated carbocycles. The van der Waals surface area contributed by atoms with Crippen molar-refractivity contribution in [3.8, 4) is 5.75 Å². The lowest BCUT2D eigenvalue weighted by atomic mass is 10.1. The minimum absolute atomic E-state index is 0.214. The highest BCUT2D eigenvalue weighted by Gasteiger charge is 2.31. The van der Waals surface area contributed by atoms with E-state index in [2.05, 4.69) is 20.7 Å². The topological polar surface area (TPSA) is 35.2 Å². The lowest BCUT2D eigenvalue weighted by Crippen LogP contribution is -2.17. The molecule has 1 rings (SSSR count). The Hall–Kier alpha value is -0.750. The van der Waals surface area contributed by atoms with E-state index in [0.717, 1.165) is 12.0 Å². The quantitative estimate of drug-likeness (QED) is 0.926. The van der Waals surface area contributed by atoms with Gasteiger partial charge in [-0.1, -0.05) is 15.9 Å². The fraction of sp³-hybridized carbons (Fsp3) is 0.400. The Morgan fingerprint density at radius 3 is 2.50 bits per heavy atom. The van der Waals surface area contributed by atoms with Crippen LogP contribution in [-0.2, 0) is 6.42 Å². The van der Waals surface area contributed by atoms with Gasteiger partial charge in [0.1, 0.15) is 5.75 Å². The van der Waals surface area contributed by atoms with E-state index < -0.39 is 6.36 Å². The summed E-state index contributed by atoms with van der Waals surface area (Å²) >= 11 is 3.13. The number of hydrogen-bond donors (Lipinski definition) is 1. The summed E-state index contributed by atoms with van der Waals surface area (Å²) in [5.41, 5.74) is 6.09. The molecular weight excluding hydrogens is 287 g/mol. The van der Waals surface area contributed by atoms with Gasteiger partial charge in [0, 0.05) is 4.47 Å². The van der Waals surface area contributed by atoms with Crippen molar-refractivity contribution in [1.82, 2.24) is 0 Å².